The van der Waals surface area contributed by atoms with Crippen LogP contribution in [-0.4, -0.2) is 55.3 Å². The summed E-state index contributed by atoms with van der Waals surface area (Å²) < 4.78 is 19.4. The first-order chi connectivity index (χ1) is 15.2. The molecule has 0 saturated heterocycles. The lowest BCUT2D eigenvalue weighted by Crippen LogP contribution is -2.30. The third kappa shape index (κ3) is 4.81. The molecule has 168 valence electrons. The van der Waals surface area contributed by atoms with Crippen molar-refractivity contribution in [2.24, 2.45) is 0 Å². The first-order valence-electron chi connectivity index (χ1n) is 10.1. The van der Waals surface area contributed by atoms with Crippen LogP contribution in [0.15, 0.2) is 48.5 Å². The van der Waals surface area contributed by atoms with Crippen LogP contribution in [0.1, 0.15) is 15.9 Å². The number of carbonyl (C=O) groups excluding carboxylic acids is 1. The van der Waals surface area contributed by atoms with E-state index in [1.54, 1.807) is 56.4 Å². The van der Waals surface area contributed by atoms with Crippen LogP contribution in [-0.2, 0) is 4.74 Å². The van der Waals surface area contributed by atoms with Gasteiger partial charge in [-0.1, -0.05) is 6.07 Å². The molecule has 0 bridgehead atoms. The number of hydrogen-bond donors (Lipinski definition) is 2. The van der Waals surface area contributed by atoms with Crippen molar-refractivity contribution in [1.82, 2.24) is 9.88 Å². The van der Waals surface area contributed by atoms with E-state index in [2.05, 4.69) is 4.98 Å². The summed E-state index contributed by atoms with van der Waals surface area (Å²) in [4.78, 5) is 20.1. The van der Waals surface area contributed by atoms with Crippen molar-refractivity contribution in [2.75, 3.05) is 45.0 Å². The minimum Gasteiger partial charge on any atom is -0.507 e. The number of benzene rings is 2. The van der Waals surface area contributed by atoms with E-state index in [1.165, 1.54) is 17.0 Å². The van der Waals surface area contributed by atoms with Gasteiger partial charge in [0.05, 0.1) is 23.6 Å². The van der Waals surface area contributed by atoms with Crippen molar-refractivity contribution in [1.29, 1.82) is 0 Å². The normalized spacial score (nSPS) is 10.8. The number of aryl methyl sites for hydroxylation is 1. The third-order valence-corrected chi connectivity index (χ3v) is 5.24. The summed E-state index contributed by atoms with van der Waals surface area (Å²) in [7, 11) is 4.96. The van der Waals surface area contributed by atoms with Gasteiger partial charge in [0.25, 0.3) is 5.91 Å². The molecule has 3 aromatic rings. The Morgan fingerprint density at radius 3 is 2.56 bits per heavy atom. The number of likely N-dealkylation sites (N-methyl/N-ethyl adjacent to an activating group) is 1. The number of nitrogens with zero attached hydrogens (tertiary/aromatic N) is 3. The molecule has 3 rings (SSSR count). The van der Waals surface area contributed by atoms with E-state index in [4.69, 9.17) is 10.5 Å². The molecule has 1 amide bonds. The Balaban J connectivity index is 1.93. The topological polar surface area (TPSA) is 91.9 Å². The molecule has 7 nitrogen and oxygen atoms in total. The maximum absolute atomic E-state index is 14.4. The molecule has 2 aromatic carbocycles. The van der Waals surface area contributed by atoms with E-state index in [-0.39, 0.29) is 28.9 Å². The maximum Gasteiger partial charge on any atom is 0.257 e. The number of nitrogens with two attached hydrogens (primary N) is 1. The zero-order valence-electron chi connectivity index (χ0n) is 18.6. The van der Waals surface area contributed by atoms with Gasteiger partial charge in [0.15, 0.2) is 0 Å². The van der Waals surface area contributed by atoms with Gasteiger partial charge in [-0.05, 0) is 55.0 Å². The Morgan fingerprint density at radius 2 is 1.91 bits per heavy atom. The Labute approximate surface area is 186 Å². The summed E-state index contributed by atoms with van der Waals surface area (Å²) in [5, 5.41) is 10.4. The second-order valence-corrected chi connectivity index (χ2v) is 7.56. The average molecular weight is 439 g/mol. The van der Waals surface area contributed by atoms with E-state index in [0.717, 1.165) is 5.56 Å². The molecular formula is C24H27FN4O3. The maximum atomic E-state index is 14.4. The Morgan fingerprint density at radius 1 is 1.16 bits per heavy atom. The van der Waals surface area contributed by atoms with Crippen molar-refractivity contribution in [3.05, 3.63) is 65.5 Å². The molecule has 3 N–H and O–H groups in total. The quantitative estimate of drug-likeness (QED) is 0.580. The zero-order valence-corrected chi connectivity index (χ0v) is 18.6. The minimum absolute atomic E-state index is 0.00489. The Hall–Kier alpha value is -3.65. The van der Waals surface area contributed by atoms with Crippen molar-refractivity contribution in [2.45, 2.75) is 6.92 Å². The molecule has 0 radical (unpaired) electrons. The van der Waals surface area contributed by atoms with Crippen molar-refractivity contribution in [3.8, 4) is 17.0 Å². The number of pyridine rings is 1. The lowest BCUT2D eigenvalue weighted by molar-refractivity contribution is 0.0745. The Bertz CT molecular complexity index is 1140. The molecule has 0 aliphatic rings. The van der Waals surface area contributed by atoms with Crippen molar-refractivity contribution in [3.63, 3.8) is 0 Å². The van der Waals surface area contributed by atoms with E-state index >= 15 is 0 Å². The molecule has 0 fully saturated rings. The van der Waals surface area contributed by atoms with Gasteiger partial charge in [-0.15, -0.1) is 0 Å². The molecule has 0 aliphatic heterocycles. The number of amides is 1. The molecule has 0 atom stereocenters. The fourth-order valence-electron chi connectivity index (χ4n) is 3.30. The van der Waals surface area contributed by atoms with Crippen LogP contribution >= 0.6 is 0 Å². The number of nitrogen functional groups attached to an aromatic ring is 1. The number of phenols is 1. The summed E-state index contributed by atoms with van der Waals surface area (Å²) >= 11 is 0. The van der Waals surface area contributed by atoms with Gasteiger partial charge in [0.1, 0.15) is 17.4 Å². The third-order valence-electron chi connectivity index (χ3n) is 5.24. The van der Waals surface area contributed by atoms with Crippen LogP contribution in [0.2, 0.25) is 0 Å². The van der Waals surface area contributed by atoms with Crippen LogP contribution < -0.4 is 10.6 Å². The fourth-order valence-corrected chi connectivity index (χ4v) is 3.30. The summed E-state index contributed by atoms with van der Waals surface area (Å²) in [6.45, 7) is 2.65. The summed E-state index contributed by atoms with van der Waals surface area (Å²) in [5.41, 5.74) is 9.03. The predicted octanol–water partition coefficient (Wildman–Crippen LogP) is 3.97. The number of anilines is 3. The monoisotopic (exact) mass is 438 g/mol. The van der Waals surface area contributed by atoms with Gasteiger partial charge < -0.3 is 25.4 Å². The van der Waals surface area contributed by atoms with Gasteiger partial charge in [-0.25, -0.2) is 9.37 Å². The Kier molecular flexibility index (Phi) is 6.95. The van der Waals surface area contributed by atoms with E-state index < -0.39 is 0 Å². The number of phenolic OH excluding ortho intramolecular Hbond substituents is 1. The van der Waals surface area contributed by atoms with Crippen LogP contribution in [0.4, 0.5) is 21.6 Å². The summed E-state index contributed by atoms with van der Waals surface area (Å²) in [5.74, 6) is -0.565. The summed E-state index contributed by atoms with van der Waals surface area (Å²) in [6.07, 6.45) is 0. The molecule has 0 unspecified atom stereocenters. The lowest BCUT2D eigenvalue weighted by atomic mass is 10.1. The van der Waals surface area contributed by atoms with Gasteiger partial charge >= 0.3 is 0 Å². The number of carbonyl (C=O) groups is 1. The zero-order chi connectivity index (χ0) is 23.4. The van der Waals surface area contributed by atoms with Crippen molar-refractivity contribution < 1.29 is 19.0 Å². The van der Waals surface area contributed by atoms with Crippen LogP contribution in [0, 0.1) is 12.7 Å². The second-order valence-electron chi connectivity index (χ2n) is 7.56. The highest BCUT2D eigenvalue weighted by Crippen LogP contribution is 2.35. The van der Waals surface area contributed by atoms with E-state index in [0.29, 0.717) is 35.8 Å². The molecule has 1 aromatic heterocycles. The van der Waals surface area contributed by atoms with Gasteiger partial charge in [-0.3, -0.25) is 4.79 Å². The SMILES string of the molecule is COCCN(C)C(=O)c1ccc(-c2cc(N(C)c3ccc(C)cc3F)ccc2O)nc1N. The number of aromatic nitrogens is 1. The van der Waals surface area contributed by atoms with Crippen LogP contribution in [0.5, 0.6) is 5.75 Å². The number of hydrogen-bond acceptors (Lipinski definition) is 6. The van der Waals surface area contributed by atoms with Crippen LogP contribution in [0.3, 0.4) is 0 Å². The highest BCUT2D eigenvalue weighted by Gasteiger charge is 2.18. The lowest BCUT2D eigenvalue weighted by Gasteiger charge is -2.21. The highest BCUT2D eigenvalue weighted by atomic mass is 19.1. The first kappa shape index (κ1) is 23.0. The van der Waals surface area contributed by atoms with E-state index in [1.807, 2.05) is 13.0 Å². The largest absolute Gasteiger partial charge is 0.507 e. The minimum atomic E-state index is -0.343. The standard InChI is InChI=1S/C24H27FN4O3/c1-15-5-9-21(19(25)13-15)29(3)16-6-10-22(30)18(14-16)20-8-7-17(23(26)27-20)24(31)28(2)11-12-32-4/h5-10,13-14,30H,11-12H2,1-4H3,(H2,26,27). The fraction of sp³-hybridized carbons (Fsp3) is 0.250. The number of methoxy groups -OCH3 is 1. The first-order valence-corrected chi connectivity index (χ1v) is 10.1. The van der Waals surface area contributed by atoms with Crippen LogP contribution in [0.25, 0.3) is 11.3 Å². The predicted molar refractivity (Wildman–Crippen MR) is 124 cm³/mol. The number of ether oxygens (including phenoxy) is 1. The number of rotatable bonds is 7. The molecular weight excluding hydrogens is 411 g/mol. The molecule has 0 saturated carbocycles. The number of halogens is 1. The molecule has 32 heavy (non-hydrogen) atoms. The number of aromatic hydroxyl groups is 1. The highest BCUT2D eigenvalue weighted by molar-refractivity contribution is 5.98. The molecule has 8 heteroatoms. The average Bonchev–Trinajstić information content (AvgIpc) is 2.76. The van der Waals surface area contributed by atoms with Crippen molar-refractivity contribution >= 4 is 23.1 Å². The summed E-state index contributed by atoms with van der Waals surface area (Å²) in [6, 6.07) is 13.1. The van der Waals surface area contributed by atoms with E-state index in [9.17, 15) is 14.3 Å². The van der Waals surface area contributed by atoms with Gasteiger partial charge in [0, 0.05) is 39.0 Å². The van der Waals surface area contributed by atoms with Gasteiger partial charge in [0.2, 0.25) is 0 Å². The van der Waals surface area contributed by atoms with Gasteiger partial charge in [-0.2, -0.15) is 0 Å². The smallest absolute Gasteiger partial charge is 0.257 e. The second kappa shape index (κ2) is 9.65. The molecule has 0 spiro atoms. The molecule has 1 heterocycles. The molecule has 0 aliphatic carbocycles.